The van der Waals surface area contributed by atoms with E-state index in [0.717, 1.165) is 22.3 Å². The van der Waals surface area contributed by atoms with Crippen molar-refractivity contribution in [3.8, 4) is 0 Å². The van der Waals surface area contributed by atoms with Crippen LogP contribution in [-0.4, -0.2) is 29.2 Å². The molecule has 11 heteroatoms. The number of aliphatic hydroxyl groups is 1. The second kappa shape index (κ2) is 12.4. The van der Waals surface area contributed by atoms with Gasteiger partial charge in [-0.2, -0.15) is 0 Å². The summed E-state index contributed by atoms with van der Waals surface area (Å²) < 4.78 is 42.5. The number of imidazole rings is 1. The molecule has 1 saturated heterocycles. The van der Waals surface area contributed by atoms with E-state index in [1.807, 2.05) is 48.5 Å². The molecule has 5 rings (SSSR count). The Kier molecular flexibility index (Phi) is 8.92. The van der Waals surface area contributed by atoms with E-state index in [-0.39, 0.29) is 41.3 Å². The molecule has 210 valence electrons. The molecule has 4 aromatic rings. The van der Waals surface area contributed by atoms with Gasteiger partial charge in [0.1, 0.15) is 5.15 Å². The van der Waals surface area contributed by atoms with Gasteiger partial charge in [-0.05, 0) is 28.8 Å². The van der Waals surface area contributed by atoms with Gasteiger partial charge < -0.3 is 19.1 Å². The van der Waals surface area contributed by atoms with Crippen LogP contribution in [0.2, 0.25) is 10.3 Å². The van der Waals surface area contributed by atoms with Crippen molar-refractivity contribution in [3.63, 3.8) is 0 Å². The smallest absolute Gasteiger partial charge is 0.240 e. The van der Waals surface area contributed by atoms with Crippen molar-refractivity contribution in [2.75, 3.05) is 0 Å². The summed E-state index contributed by atoms with van der Waals surface area (Å²) in [5.74, 6) is -0.0554. The van der Waals surface area contributed by atoms with Crippen LogP contribution in [0.15, 0.2) is 90.1 Å². The lowest BCUT2D eigenvalue weighted by atomic mass is 9.90. The highest BCUT2D eigenvalue weighted by Gasteiger charge is 2.38. The Morgan fingerprint density at radius 1 is 0.925 bits per heavy atom. The van der Waals surface area contributed by atoms with Gasteiger partial charge in [-0.3, -0.25) is 0 Å². The third-order valence-corrected chi connectivity index (χ3v) is 9.19. The van der Waals surface area contributed by atoms with Crippen LogP contribution in [0.4, 0.5) is 0 Å². The van der Waals surface area contributed by atoms with E-state index in [1.54, 1.807) is 41.2 Å². The monoisotopic (exact) mass is 601 g/mol. The van der Waals surface area contributed by atoms with Crippen LogP contribution in [0.3, 0.4) is 0 Å². The molecule has 4 unspecified atom stereocenters. The molecule has 4 atom stereocenters. The Morgan fingerprint density at radius 2 is 1.57 bits per heavy atom. The van der Waals surface area contributed by atoms with Gasteiger partial charge in [-0.15, -0.1) is 0 Å². The second-order valence-corrected chi connectivity index (χ2v) is 12.2. The summed E-state index contributed by atoms with van der Waals surface area (Å²) in [7, 11) is -3.62. The van der Waals surface area contributed by atoms with Crippen LogP contribution >= 0.6 is 23.2 Å². The van der Waals surface area contributed by atoms with Gasteiger partial charge in [0.15, 0.2) is 11.4 Å². The summed E-state index contributed by atoms with van der Waals surface area (Å²) in [6.45, 7) is 2.58. The van der Waals surface area contributed by atoms with Crippen molar-refractivity contribution in [2.45, 2.75) is 50.0 Å². The zero-order chi connectivity index (χ0) is 28.3. The largest absolute Gasteiger partial charge is 0.392 e. The lowest BCUT2D eigenvalue weighted by Crippen LogP contribution is -2.39. The van der Waals surface area contributed by atoms with E-state index in [1.165, 1.54) is 0 Å². The summed E-state index contributed by atoms with van der Waals surface area (Å²) in [6, 6.07) is 23.4. The molecule has 2 N–H and O–H groups in total. The summed E-state index contributed by atoms with van der Waals surface area (Å²) >= 11 is 12.4. The molecule has 0 saturated carbocycles. The van der Waals surface area contributed by atoms with Crippen LogP contribution in [-0.2, 0) is 39.2 Å². The van der Waals surface area contributed by atoms with E-state index in [0.29, 0.717) is 11.7 Å². The van der Waals surface area contributed by atoms with Crippen molar-refractivity contribution in [1.29, 1.82) is 0 Å². The van der Waals surface area contributed by atoms with Gasteiger partial charge in [-0.1, -0.05) is 96.9 Å². The SMILES string of the molecule is CC1C(Cn2cnc(Cl)c2Cl)OC(c2ccc(CNS(=O)(=O)c3ccccc3)cc2)OC1c1ccc(CO)cc1. The first-order chi connectivity index (χ1) is 19.2. The minimum atomic E-state index is -3.62. The van der Waals surface area contributed by atoms with E-state index >= 15 is 0 Å². The lowest BCUT2D eigenvalue weighted by molar-refractivity contribution is -0.276. The first-order valence-corrected chi connectivity index (χ1v) is 15.0. The molecule has 8 nitrogen and oxygen atoms in total. The molecule has 0 aliphatic carbocycles. The van der Waals surface area contributed by atoms with Gasteiger partial charge in [0.05, 0.1) is 36.6 Å². The molecule has 3 aromatic carbocycles. The van der Waals surface area contributed by atoms with Gasteiger partial charge in [0.25, 0.3) is 0 Å². The first-order valence-electron chi connectivity index (χ1n) is 12.8. The average Bonchev–Trinajstić information content (AvgIpc) is 3.30. The molecule has 0 bridgehead atoms. The van der Waals surface area contributed by atoms with Crippen molar-refractivity contribution in [3.05, 3.63) is 118 Å². The Morgan fingerprint density at radius 3 is 2.20 bits per heavy atom. The van der Waals surface area contributed by atoms with E-state index in [2.05, 4.69) is 16.6 Å². The number of rotatable bonds is 9. The topological polar surface area (TPSA) is 103 Å². The molecule has 0 amide bonds. The number of benzene rings is 3. The number of hydrogen-bond acceptors (Lipinski definition) is 6. The quantitative estimate of drug-likeness (QED) is 0.257. The number of nitrogens with one attached hydrogen (secondary N) is 1. The van der Waals surface area contributed by atoms with Crippen LogP contribution < -0.4 is 4.72 Å². The van der Waals surface area contributed by atoms with Gasteiger partial charge in [0, 0.05) is 18.0 Å². The Labute approximate surface area is 243 Å². The third kappa shape index (κ3) is 6.42. The van der Waals surface area contributed by atoms with Crippen molar-refractivity contribution < 1.29 is 23.0 Å². The van der Waals surface area contributed by atoms with Crippen LogP contribution in [0, 0.1) is 5.92 Å². The molecule has 40 heavy (non-hydrogen) atoms. The maximum atomic E-state index is 12.6. The first kappa shape index (κ1) is 28.8. The van der Waals surface area contributed by atoms with Crippen LogP contribution in [0.1, 0.15) is 41.6 Å². The molecular formula is C29H29Cl2N3O5S. The van der Waals surface area contributed by atoms with E-state index in [9.17, 15) is 13.5 Å². The Balaban J connectivity index is 1.35. The van der Waals surface area contributed by atoms with Gasteiger partial charge in [-0.25, -0.2) is 18.1 Å². The normalized spacial score (nSPS) is 21.4. The summed E-state index contributed by atoms with van der Waals surface area (Å²) in [6.07, 6.45) is 0.311. The van der Waals surface area contributed by atoms with E-state index in [4.69, 9.17) is 32.7 Å². The Hall–Kier alpha value is -2.76. The minimum Gasteiger partial charge on any atom is -0.392 e. The fraction of sp³-hybridized carbons (Fsp3) is 0.276. The number of sulfonamides is 1. The zero-order valence-corrected chi connectivity index (χ0v) is 24.0. The number of nitrogens with zero attached hydrogens (tertiary/aromatic N) is 2. The number of halogens is 2. The zero-order valence-electron chi connectivity index (χ0n) is 21.7. The molecule has 1 aromatic heterocycles. The molecule has 2 heterocycles. The van der Waals surface area contributed by atoms with Gasteiger partial charge in [0.2, 0.25) is 10.0 Å². The molecule has 0 radical (unpaired) electrons. The average molecular weight is 603 g/mol. The van der Waals surface area contributed by atoms with Crippen molar-refractivity contribution in [2.24, 2.45) is 5.92 Å². The molecule has 1 fully saturated rings. The molecule has 0 spiro atoms. The van der Waals surface area contributed by atoms with Crippen molar-refractivity contribution >= 4 is 33.2 Å². The van der Waals surface area contributed by atoms with Crippen LogP contribution in [0.5, 0.6) is 0 Å². The predicted octanol–water partition coefficient (Wildman–Crippen LogP) is 5.65. The highest BCUT2D eigenvalue weighted by atomic mass is 35.5. The van der Waals surface area contributed by atoms with Crippen molar-refractivity contribution in [1.82, 2.24) is 14.3 Å². The van der Waals surface area contributed by atoms with E-state index < -0.39 is 16.3 Å². The third-order valence-electron chi connectivity index (χ3n) is 7.00. The number of ether oxygens (including phenoxy) is 2. The summed E-state index contributed by atoms with van der Waals surface area (Å²) in [5, 5.41) is 10.0. The second-order valence-electron chi connectivity index (χ2n) is 9.68. The van der Waals surface area contributed by atoms with Gasteiger partial charge >= 0.3 is 0 Å². The molecule has 1 aliphatic rings. The summed E-state index contributed by atoms with van der Waals surface area (Å²) in [5.41, 5.74) is 3.36. The highest BCUT2D eigenvalue weighted by Crippen LogP contribution is 2.42. The predicted molar refractivity (Wildman–Crippen MR) is 152 cm³/mol. The minimum absolute atomic E-state index is 0.0382. The Bertz CT molecular complexity index is 1530. The van der Waals surface area contributed by atoms with Crippen LogP contribution in [0.25, 0.3) is 0 Å². The highest BCUT2D eigenvalue weighted by molar-refractivity contribution is 7.89. The lowest BCUT2D eigenvalue weighted by Gasteiger charge is -2.41. The fourth-order valence-electron chi connectivity index (χ4n) is 4.65. The fourth-order valence-corrected chi connectivity index (χ4v) is 6.00. The maximum Gasteiger partial charge on any atom is 0.240 e. The molecule has 1 aliphatic heterocycles. The standard InChI is InChI=1S/C29H29Cl2N3O5S/c1-19-25(16-34-18-32-27(30)28(34)31)38-29(39-26(19)22-11-9-21(17-35)10-12-22)23-13-7-20(8-14-23)15-33-40(36,37)24-5-3-2-4-6-24/h2-14,18-19,25-26,29,33,35H,15-17H2,1H3. The number of hydrogen-bond donors (Lipinski definition) is 2. The summed E-state index contributed by atoms with van der Waals surface area (Å²) in [4.78, 5) is 4.30. The molecular weight excluding hydrogens is 573 g/mol. The number of aliphatic hydroxyl groups excluding tert-OH is 1. The number of aromatic nitrogens is 2. The maximum absolute atomic E-state index is 12.6.